The van der Waals surface area contributed by atoms with Gasteiger partial charge >= 0.3 is 0 Å². The summed E-state index contributed by atoms with van der Waals surface area (Å²) in [5, 5.41) is 9.19. The summed E-state index contributed by atoms with van der Waals surface area (Å²) in [6.07, 6.45) is 0. The third kappa shape index (κ3) is 2.39. The van der Waals surface area contributed by atoms with Gasteiger partial charge in [-0.15, -0.1) is 0 Å². The monoisotopic (exact) mass is 186 g/mol. The molecular weight excluding hydrogens is 176 g/mol. The Morgan fingerprint density at radius 1 is 1.67 bits per heavy atom. The number of carbonyl (C=O) groups excluding carboxylic acids is 1. The van der Waals surface area contributed by atoms with Crippen LogP contribution in [0.3, 0.4) is 0 Å². The summed E-state index contributed by atoms with van der Waals surface area (Å²) in [6.45, 7) is 1.57. The van der Waals surface area contributed by atoms with Gasteiger partial charge in [0.15, 0.2) is 16.6 Å². The van der Waals surface area contributed by atoms with Gasteiger partial charge < -0.3 is 9.52 Å². The zero-order valence-corrected chi connectivity index (χ0v) is 7.56. The molecule has 0 fully saturated rings. The predicted octanol–water partition coefficient (Wildman–Crippen LogP) is 1.57. The molecule has 0 aromatic carbocycles. The normalized spacial score (nSPS) is 10.2. The van der Waals surface area contributed by atoms with E-state index in [1.165, 1.54) is 18.7 Å². The van der Waals surface area contributed by atoms with Gasteiger partial charge in [-0.1, -0.05) is 11.8 Å². The lowest BCUT2D eigenvalue weighted by Crippen LogP contribution is -1.86. The minimum absolute atomic E-state index is 0.0779. The summed E-state index contributed by atoms with van der Waals surface area (Å²) >= 11 is 1.39. The molecule has 1 rings (SSSR count). The number of thioether (sulfide) groups is 1. The number of rotatable bonds is 4. The van der Waals surface area contributed by atoms with E-state index in [9.17, 15) is 4.79 Å². The SMILES string of the molecule is CC(=O)c1ccc(SCCO)o1. The van der Waals surface area contributed by atoms with E-state index in [4.69, 9.17) is 9.52 Å². The van der Waals surface area contributed by atoms with Crippen molar-refractivity contribution in [2.24, 2.45) is 0 Å². The summed E-state index contributed by atoms with van der Waals surface area (Å²) in [4.78, 5) is 10.8. The fourth-order valence-electron chi connectivity index (χ4n) is 0.733. The quantitative estimate of drug-likeness (QED) is 0.572. The van der Waals surface area contributed by atoms with Gasteiger partial charge in [0.05, 0.1) is 6.61 Å². The Kier molecular flexibility index (Phi) is 3.37. The topological polar surface area (TPSA) is 50.4 Å². The molecule has 0 saturated heterocycles. The highest BCUT2D eigenvalue weighted by Gasteiger charge is 2.05. The zero-order valence-electron chi connectivity index (χ0n) is 6.74. The Morgan fingerprint density at radius 2 is 2.42 bits per heavy atom. The number of ketones is 1. The molecule has 0 amide bonds. The third-order valence-corrected chi connectivity index (χ3v) is 2.15. The molecule has 12 heavy (non-hydrogen) atoms. The first-order valence-electron chi connectivity index (χ1n) is 3.58. The fraction of sp³-hybridized carbons (Fsp3) is 0.375. The summed E-state index contributed by atoms with van der Waals surface area (Å²) in [7, 11) is 0. The van der Waals surface area contributed by atoms with Crippen LogP contribution in [0, 0.1) is 0 Å². The predicted molar refractivity (Wildman–Crippen MR) is 46.5 cm³/mol. The number of aliphatic hydroxyl groups is 1. The van der Waals surface area contributed by atoms with Crippen molar-refractivity contribution >= 4 is 17.5 Å². The van der Waals surface area contributed by atoms with Crippen LogP contribution < -0.4 is 0 Å². The molecule has 1 aromatic heterocycles. The maximum atomic E-state index is 10.8. The largest absolute Gasteiger partial charge is 0.447 e. The van der Waals surface area contributed by atoms with E-state index >= 15 is 0 Å². The van der Waals surface area contributed by atoms with Crippen molar-refractivity contribution in [3.63, 3.8) is 0 Å². The fourth-order valence-corrected chi connectivity index (χ4v) is 1.34. The lowest BCUT2D eigenvalue weighted by atomic mass is 10.3. The molecule has 0 unspecified atom stereocenters. The molecule has 66 valence electrons. The van der Waals surface area contributed by atoms with E-state index in [0.717, 1.165) is 0 Å². The molecule has 1 aromatic rings. The van der Waals surface area contributed by atoms with Crippen molar-refractivity contribution < 1.29 is 14.3 Å². The van der Waals surface area contributed by atoms with Gasteiger partial charge in [0, 0.05) is 12.7 Å². The van der Waals surface area contributed by atoms with Crippen LogP contribution in [0.5, 0.6) is 0 Å². The molecule has 0 aliphatic heterocycles. The maximum Gasteiger partial charge on any atom is 0.194 e. The van der Waals surface area contributed by atoms with E-state index in [2.05, 4.69) is 0 Å². The van der Waals surface area contributed by atoms with Crippen molar-refractivity contribution in [1.29, 1.82) is 0 Å². The number of hydrogen-bond donors (Lipinski definition) is 1. The lowest BCUT2D eigenvalue weighted by Gasteiger charge is -1.91. The molecule has 0 bridgehead atoms. The number of aliphatic hydroxyl groups excluding tert-OH is 1. The molecule has 0 saturated carbocycles. The first-order chi connectivity index (χ1) is 5.74. The summed E-state index contributed by atoms with van der Waals surface area (Å²) in [6, 6.07) is 3.37. The highest BCUT2D eigenvalue weighted by Crippen LogP contribution is 2.20. The van der Waals surface area contributed by atoms with Gasteiger partial charge in [0.2, 0.25) is 0 Å². The third-order valence-electron chi connectivity index (χ3n) is 1.26. The van der Waals surface area contributed by atoms with Gasteiger partial charge in [0.1, 0.15) is 0 Å². The van der Waals surface area contributed by atoms with Crippen LogP contribution in [0.4, 0.5) is 0 Å². The molecule has 0 aliphatic carbocycles. The van der Waals surface area contributed by atoms with Crippen LogP contribution in [-0.4, -0.2) is 23.2 Å². The molecule has 1 N–H and O–H groups in total. The highest BCUT2D eigenvalue weighted by atomic mass is 32.2. The second-order valence-electron chi connectivity index (χ2n) is 2.25. The van der Waals surface area contributed by atoms with E-state index in [-0.39, 0.29) is 12.4 Å². The zero-order chi connectivity index (χ0) is 8.97. The summed E-state index contributed by atoms with van der Waals surface area (Å²) in [5.41, 5.74) is 0. The maximum absolute atomic E-state index is 10.8. The minimum atomic E-state index is -0.0779. The Morgan fingerprint density at radius 3 is 2.92 bits per heavy atom. The number of hydrogen-bond acceptors (Lipinski definition) is 4. The van der Waals surface area contributed by atoms with Crippen LogP contribution in [0.15, 0.2) is 21.6 Å². The molecule has 0 atom stereocenters. The summed E-state index contributed by atoms with van der Waals surface area (Å²) in [5.74, 6) is 0.881. The lowest BCUT2D eigenvalue weighted by molar-refractivity contribution is 0.0982. The van der Waals surface area contributed by atoms with Crippen LogP contribution in [0.1, 0.15) is 17.5 Å². The number of furan rings is 1. The summed E-state index contributed by atoms with van der Waals surface area (Å²) < 4.78 is 5.15. The second kappa shape index (κ2) is 4.33. The second-order valence-corrected chi connectivity index (χ2v) is 3.35. The van der Waals surface area contributed by atoms with E-state index in [1.807, 2.05) is 0 Å². The van der Waals surface area contributed by atoms with Crippen LogP contribution in [0.25, 0.3) is 0 Å². The number of Topliss-reactive ketones (excluding diaryl/α,β-unsaturated/α-hetero) is 1. The van der Waals surface area contributed by atoms with Crippen LogP contribution in [-0.2, 0) is 0 Å². The standard InChI is InChI=1S/C8H10O3S/c1-6(10)7-2-3-8(11-7)12-5-4-9/h2-3,9H,4-5H2,1H3. The Hall–Kier alpha value is -0.740. The van der Waals surface area contributed by atoms with Crippen molar-refractivity contribution in [2.75, 3.05) is 12.4 Å². The van der Waals surface area contributed by atoms with E-state index in [0.29, 0.717) is 16.6 Å². The van der Waals surface area contributed by atoms with Gasteiger partial charge in [-0.05, 0) is 12.1 Å². The van der Waals surface area contributed by atoms with Gasteiger partial charge in [-0.2, -0.15) is 0 Å². The van der Waals surface area contributed by atoms with Gasteiger partial charge in [-0.25, -0.2) is 0 Å². The molecule has 0 spiro atoms. The van der Waals surface area contributed by atoms with Crippen molar-refractivity contribution in [3.05, 3.63) is 17.9 Å². The first kappa shape index (κ1) is 9.35. The minimum Gasteiger partial charge on any atom is -0.447 e. The van der Waals surface area contributed by atoms with Crippen LogP contribution in [0.2, 0.25) is 0 Å². The van der Waals surface area contributed by atoms with E-state index in [1.54, 1.807) is 12.1 Å². The Balaban J connectivity index is 2.58. The molecule has 0 aliphatic rings. The molecule has 4 heteroatoms. The van der Waals surface area contributed by atoms with Crippen molar-refractivity contribution in [3.8, 4) is 0 Å². The average molecular weight is 186 g/mol. The smallest absolute Gasteiger partial charge is 0.194 e. The molecule has 3 nitrogen and oxygen atoms in total. The first-order valence-corrected chi connectivity index (χ1v) is 4.57. The Labute approximate surface area is 74.8 Å². The van der Waals surface area contributed by atoms with Gasteiger partial charge in [-0.3, -0.25) is 4.79 Å². The number of carbonyl (C=O) groups is 1. The van der Waals surface area contributed by atoms with Crippen LogP contribution >= 0.6 is 11.8 Å². The highest BCUT2D eigenvalue weighted by molar-refractivity contribution is 7.99. The average Bonchev–Trinajstić information content (AvgIpc) is 2.48. The molecule has 0 radical (unpaired) electrons. The van der Waals surface area contributed by atoms with E-state index < -0.39 is 0 Å². The van der Waals surface area contributed by atoms with Crippen molar-refractivity contribution in [1.82, 2.24) is 0 Å². The molecular formula is C8H10O3S. The Bertz CT molecular complexity index is 267. The molecule has 1 heterocycles. The van der Waals surface area contributed by atoms with Gasteiger partial charge in [0.25, 0.3) is 0 Å². The van der Waals surface area contributed by atoms with Crippen molar-refractivity contribution in [2.45, 2.75) is 12.0 Å².